The molecule has 0 aromatic heterocycles. The lowest BCUT2D eigenvalue weighted by molar-refractivity contribution is 0.599. The topological polar surface area (TPSA) is 34.1 Å². The molecular formula is C8H8BrO2S. The summed E-state index contributed by atoms with van der Waals surface area (Å²) in [6, 6.07) is 6.51. The van der Waals surface area contributed by atoms with Gasteiger partial charge in [0.1, 0.15) is 0 Å². The van der Waals surface area contributed by atoms with Gasteiger partial charge >= 0.3 is 0 Å². The fourth-order valence-electron chi connectivity index (χ4n) is 0.760. The van der Waals surface area contributed by atoms with Crippen molar-refractivity contribution < 1.29 is 8.42 Å². The van der Waals surface area contributed by atoms with Gasteiger partial charge in [0.05, 0.1) is 10.6 Å². The lowest BCUT2D eigenvalue weighted by Gasteiger charge is -1.99. The molecule has 0 saturated carbocycles. The van der Waals surface area contributed by atoms with E-state index in [1.165, 1.54) is 0 Å². The standard InChI is InChI=1S/C8H8BrO2S/c1-2-12(10,11)8-5-3-7(9)4-6-8/h3-6H,1-2H2. The van der Waals surface area contributed by atoms with Gasteiger partial charge in [-0.3, -0.25) is 0 Å². The van der Waals surface area contributed by atoms with Crippen molar-refractivity contribution in [2.75, 3.05) is 5.75 Å². The Morgan fingerprint density at radius 3 is 2.17 bits per heavy atom. The van der Waals surface area contributed by atoms with E-state index in [-0.39, 0.29) is 5.75 Å². The SMILES string of the molecule is [CH2]CS(=O)(=O)c1ccc(Br)cc1. The van der Waals surface area contributed by atoms with Gasteiger partial charge in [0.25, 0.3) is 0 Å². The summed E-state index contributed by atoms with van der Waals surface area (Å²) in [5, 5.41) is 0. The summed E-state index contributed by atoms with van der Waals surface area (Å²) < 4.78 is 23.3. The molecule has 0 atom stereocenters. The van der Waals surface area contributed by atoms with Gasteiger partial charge in [-0.1, -0.05) is 15.9 Å². The summed E-state index contributed by atoms with van der Waals surface area (Å²) >= 11 is 3.22. The minimum Gasteiger partial charge on any atom is -0.224 e. The lowest BCUT2D eigenvalue weighted by atomic mass is 10.4. The fourth-order valence-corrected chi connectivity index (χ4v) is 1.81. The molecule has 1 rings (SSSR count). The summed E-state index contributed by atoms with van der Waals surface area (Å²) in [5.41, 5.74) is 0. The normalized spacial score (nSPS) is 11.5. The van der Waals surface area contributed by atoms with Gasteiger partial charge in [0, 0.05) is 4.47 Å². The summed E-state index contributed by atoms with van der Waals surface area (Å²) in [4.78, 5) is 0.320. The molecule has 4 heteroatoms. The van der Waals surface area contributed by atoms with Crippen LogP contribution in [0.3, 0.4) is 0 Å². The first-order valence-corrected chi connectivity index (χ1v) is 5.78. The van der Waals surface area contributed by atoms with E-state index in [4.69, 9.17) is 0 Å². The van der Waals surface area contributed by atoms with Crippen LogP contribution in [0, 0.1) is 6.92 Å². The number of halogens is 1. The monoisotopic (exact) mass is 247 g/mol. The van der Waals surface area contributed by atoms with Crippen molar-refractivity contribution >= 4 is 25.8 Å². The van der Waals surface area contributed by atoms with Gasteiger partial charge < -0.3 is 0 Å². The molecule has 0 fully saturated rings. The van der Waals surface area contributed by atoms with Crippen LogP contribution in [0.1, 0.15) is 0 Å². The molecule has 0 amide bonds. The average Bonchev–Trinajstić information content (AvgIpc) is 2.05. The molecule has 1 aromatic rings. The minimum absolute atomic E-state index is 0.103. The number of benzene rings is 1. The third kappa shape index (κ3) is 2.08. The highest BCUT2D eigenvalue weighted by atomic mass is 79.9. The average molecular weight is 248 g/mol. The molecule has 0 unspecified atom stereocenters. The van der Waals surface area contributed by atoms with Crippen molar-refractivity contribution in [3.63, 3.8) is 0 Å². The van der Waals surface area contributed by atoms with E-state index in [0.717, 1.165) is 4.47 Å². The highest BCUT2D eigenvalue weighted by Gasteiger charge is 2.09. The van der Waals surface area contributed by atoms with Crippen LogP contribution in [0.5, 0.6) is 0 Å². The van der Waals surface area contributed by atoms with Crippen LogP contribution in [0.25, 0.3) is 0 Å². The first kappa shape index (κ1) is 9.74. The Morgan fingerprint density at radius 1 is 1.25 bits per heavy atom. The predicted octanol–water partition coefficient (Wildman–Crippen LogP) is 2.06. The molecule has 0 heterocycles. The zero-order chi connectivity index (χ0) is 9.19. The molecule has 1 aromatic carbocycles. The molecule has 0 aliphatic heterocycles. The van der Waals surface area contributed by atoms with Crippen molar-refractivity contribution in [1.29, 1.82) is 0 Å². The van der Waals surface area contributed by atoms with Gasteiger partial charge in [-0.15, -0.1) is 0 Å². The predicted molar refractivity (Wildman–Crippen MR) is 51.6 cm³/mol. The van der Waals surface area contributed by atoms with Crippen LogP contribution in [0.4, 0.5) is 0 Å². The van der Waals surface area contributed by atoms with Gasteiger partial charge in [-0.05, 0) is 31.2 Å². The summed E-state index contributed by atoms with van der Waals surface area (Å²) in [5.74, 6) is -0.103. The second-order valence-corrected chi connectivity index (χ2v) is 5.30. The molecule has 0 aliphatic rings. The highest BCUT2D eigenvalue weighted by Crippen LogP contribution is 2.15. The Bertz CT molecular complexity index is 353. The van der Waals surface area contributed by atoms with Crippen LogP contribution in [0.15, 0.2) is 33.6 Å². The number of sulfone groups is 1. The van der Waals surface area contributed by atoms with Gasteiger partial charge in [0.2, 0.25) is 0 Å². The van der Waals surface area contributed by atoms with Crippen molar-refractivity contribution in [3.05, 3.63) is 35.7 Å². The van der Waals surface area contributed by atoms with Gasteiger partial charge in [-0.2, -0.15) is 0 Å². The molecule has 0 N–H and O–H groups in total. The molecule has 1 radical (unpaired) electrons. The van der Waals surface area contributed by atoms with E-state index in [2.05, 4.69) is 22.9 Å². The smallest absolute Gasteiger partial charge is 0.178 e. The van der Waals surface area contributed by atoms with Crippen molar-refractivity contribution in [3.8, 4) is 0 Å². The van der Waals surface area contributed by atoms with Gasteiger partial charge in [-0.25, -0.2) is 8.42 Å². The van der Waals surface area contributed by atoms with Crippen LogP contribution in [-0.4, -0.2) is 14.2 Å². The number of hydrogen-bond acceptors (Lipinski definition) is 2. The molecule has 0 spiro atoms. The van der Waals surface area contributed by atoms with Crippen LogP contribution < -0.4 is 0 Å². The Balaban J connectivity index is 3.14. The molecule has 0 saturated heterocycles. The highest BCUT2D eigenvalue weighted by molar-refractivity contribution is 9.10. The lowest BCUT2D eigenvalue weighted by Crippen LogP contribution is -2.03. The van der Waals surface area contributed by atoms with E-state index in [1.807, 2.05) is 0 Å². The Hall–Kier alpha value is -0.350. The van der Waals surface area contributed by atoms with E-state index in [9.17, 15) is 8.42 Å². The molecule has 2 nitrogen and oxygen atoms in total. The Kier molecular flexibility index (Phi) is 2.90. The zero-order valence-electron chi connectivity index (χ0n) is 6.33. The Morgan fingerprint density at radius 2 is 1.75 bits per heavy atom. The van der Waals surface area contributed by atoms with E-state index < -0.39 is 9.84 Å². The Labute approximate surface area is 80.7 Å². The van der Waals surface area contributed by atoms with Crippen molar-refractivity contribution in [2.45, 2.75) is 4.90 Å². The van der Waals surface area contributed by atoms with Crippen molar-refractivity contribution in [1.82, 2.24) is 0 Å². The largest absolute Gasteiger partial charge is 0.224 e. The maximum atomic E-state index is 11.2. The maximum absolute atomic E-state index is 11.2. The molecular weight excluding hydrogens is 240 g/mol. The molecule has 0 aliphatic carbocycles. The second kappa shape index (κ2) is 3.58. The van der Waals surface area contributed by atoms with Gasteiger partial charge in [0.15, 0.2) is 9.84 Å². The third-order valence-electron chi connectivity index (χ3n) is 1.44. The first-order valence-electron chi connectivity index (χ1n) is 3.34. The number of hydrogen-bond donors (Lipinski definition) is 0. The maximum Gasteiger partial charge on any atom is 0.178 e. The van der Waals surface area contributed by atoms with Crippen LogP contribution in [0.2, 0.25) is 0 Å². The first-order chi connectivity index (χ1) is 5.56. The summed E-state index contributed by atoms with van der Waals surface area (Å²) in [7, 11) is -3.15. The van der Waals surface area contributed by atoms with E-state index >= 15 is 0 Å². The quantitative estimate of drug-likeness (QED) is 0.802. The number of rotatable bonds is 2. The summed E-state index contributed by atoms with van der Waals surface area (Å²) in [6.45, 7) is 3.36. The van der Waals surface area contributed by atoms with Crippen LogP contribution in [-0.2, 0) is 9.84 Å². The van der Waals surface area contributed by atoms with Crippen molar-refractivity contribution in [2.24, 2.45) is 0 Å². The molecule has 12 heavy (non-hydrogen) atoms. The third-order valence-corrected chi connectivity index (χ3v) is 3.50. The van der Waals surface area contributed by atoms with E-state index in [1.54, 1.807) is 24.3 Å². The zero-order valence-corrected chi connectivity index (χ0v) is 8.73. The van der Waals surface area contributed by atoms with E-state index in [0.29, 0.717) is 4.90 Å². The molecule has 0 bridgehead atoms. The summed E-state index contributed by atoms with van der Waals surface area (Å²) in [6.07, 6.45) is 0. The fraction of sp³-hybridized carbons (Fsp3) is 0.125. The molecule has 65 valence electrons. The van der Waals surface area contributed by atoms with Crippen LogP contribution >= 0.6 is 15.9 Å². The second-order valence-electron chi connectivity index (χ2n) is 2.27. The minimum atomic E-state index is -3.15.